The Morgan fingerprint density at radius 3 is 1.36 bits per heavy atom. The molecule has 20 heteroatoms. The highest BCUT2D eigenvalue weighted by molar-refractivity contribution is 6.32. The van der Waals surface area contributed by atoms with Crippen LogP contribution in [0, 0.1) is 13.8 Å². The van der Waals surface area contributed by atoms with E-state index in [1.165, 1.54) is 14.1 Å². The van der Waals surface area contributed by atoms with Gasteiger partial charge in [0, 0.05) is 51.4 Å². The van der Waals surface area contributed by atoms with Gasteiger partial charge in [-0.25, -0.2) is 0 Å². The lowest BCUT2D eigenvalue weighted by Gasteiger charge is -2.18. The number of aliphatic hydroxyl groups is 2. The van der Waals surface area contributed by atoms with Crippen LogP contribution in [0.2, 0.25) is 10.0 Å². The molecule has 0 aliphatic heterocycles. The first kappa shape index (κ1) is 50.9. The van der Waals surface area contributed by atoms with Crippen LogP contribution in [-0.2, 0) is 45.5 Å². The molecule has 2 unspecified atom stereocenters. The summed E-state index contributed by atoms with van der Waals surface area (Å²) >= 11 is 13.3. The number of rotatable bonds is 27. The summed E-state index contributed by atoms with van der Waals surface area (Å²) in [5, 5.41) is 49.3. The largest absolute Gasteiger partial charge is 0.481 e. The van der Waals surface area contributed by atoms with Crippen LogP contribution in [0.4, 0.5) is 0 Å². The molecule has 2 aromatic heterocycles. The van der Waals surface area contributed by atoms with Crippen LogP contribution in [0.3, 0.4) is 0 Å². The lowest BCUT2D eigenvalue weighted by atomic mass is 9.92. The van der Waals surface area contributed by atoms with Crippen LogP contribution in [0.15, 0.2) is 48.5 Å². The second kappa shape index (κ2) is 25.5. The number of carboxylic acid groups (broad SMARTS) is 2. The predicted octanol–water partition coefficient (Wildman–Crippen LogP) is 4.11. The number of nitrogens with zero attached hydrogens (tertiary/aromatic N) is 2. The number of aliphatic carboxylic acids is 2. The van der Waals surface area contributed by atoms with E-state index in [1.54, 1.807) is 12.1 Å². The second-order valence-corrected chi connectivity index (χ2v) is 15.4. The second-order valence-electron chi connectivity index (χ2n) is 14.5. The van der Waals surface area contributed by atoms with Crippen LogP contribution in [0.1, 0.15) is 59.1 Å². The van der Waals surface area contributed by atoms with E-state index in [9.17, 15) is 29.4 Å². The number of pyridine rings is 2. The van der Waals surface area contributed by atoms with Crippen molar-refractivity contribution in [3.63, 3.8) is 0 Å². The van der Waals surface area contributed by atoms with Crippen molar-refractivity contribution in [2.75, 3.05) is 40.4 Å². The maximum atomic E-state index is 11.9. The van der Waals surface area contributed by atoms with Gasteiger partial charge in [-0.1, -0.05) is 59.6 Å². The van der Waals surface area contributed by atoms with Gasteiger partial charge in [-0.3, -0.25) is 19.2 Å². The van der Waals surface area contributed by atoms with Gasteiger partial charge in [0.15, 0.2) is 0 Å². The molecule has 2 aromatic carbocycles. The van der Waals surface area contributed by atoms with Gasteiger partial charge in [-0.05, 0) is 59.4 Å². The first-order chi connectivity index (χ1) is 30.6. The Morgan fingerprint density at radius 2 is 1.00 bits per heavy atom. The van der Waals surface area contributed by atoms with Crippen molar-refractivity contribution < 1.29 is 58.6 Å². The SMILES string of the molecule is CNC(=O)CCOc1nc(OCc2cccc(-c3cccc(COc4nc(OCCC(=O)NC)c(CNCC(O)CC(=O)O)cc4Cl)c3C)c2C)c(Cl)cc1CNCC(O)CC(=O)O. The number of carbonyl (C=O) groups excluding carboxylic acids is 2. The standard InChI is InChI=1S/C44H54Cl2N6O12/c1-25-27(23-63-43-35(45)15-29(19-49-21-31(53)17-39(57)58)41(51-43)61-13-11-37(55)47-3)7-5-9-33(25)34-10-6-8-28(26(34)2)24-64-44-36(46)16-30(20-50-22-32(54)18-40(59)60)42(52-44)62-14-12-38(56)48-4/h5-10,15-16,31-32,49-50,53-54H,11-14,17-24H2,1-4H3,(H,47,55)(H,48,56)(H,57,58)(H,59,60). The first-order valence-corrected chi connectivity index (χ1v) is 21.0. The first-order valence-electron chi connectivity index (χ1n) is 20.3. The number of carboxylic acids is 2. The van der Waals surface area contributed by atoms with E-state index < -0.39 is 37.0 Å². The number of hydrogen-bond donors (Lipinski definition) is 8. The maximum Gasteiger partial charge on any atom is 0.306 e. The lowest BCUT2D eigenvalue weighted by molar-refractivity contribution is -0.140. The average molecular weight is 930 g/mol. The van der Waals surface area contributed by atoms with Gasteiger partial charge in [0.1, 0.15) is 23.3 Å². The molecule has 0 bridgehead atoms. The molecule has 4 rings (SSSR count). The fraction of sp³-hybridized carbons (Fsp3) is 0.409. The van der Waals surface area contributed by atoms with E-state index in [0.717, 1.165) is 33.4 Å². The topological polar surface area (TPSA) is 260 Å². The molecule has 0 aliphatic carbocycles. The molecule has 2 amide bonds. The van der Waals surface area contributed by atoms with Crippen molar-refractivity contribution in [3.05, 3.63) is 92.0 Å². The maximum absolute atomic E-state index is 11.9. The quantitative estimate of drug-likeness (QED) is 0.0419. The number of carbonyl (C=O) groups is 4. The van der Waals surface area contributed by atoms with Crippen molar-refractivity contribution in [2.45, 2.75) is 78.0 Å². The molecule has 0 spiro atoms. The Hall–Kier alpha value is -5.76. The average Bonchev–Trinajstić information content (AvgIpc) is 3.24. The van der Waals surface area contributed by atoms with Crippen LogP contribution >= 0.6 is 23.2 Å². The minimum Gasteiger partial charge on any atom is -0.481 e. The van der Waals surface area contributed by atoms with Crippen LogP contribution < -0.4 is 40.2 Å². The monoisotopic (exact) mass is 928 g/mol. The number of hydrogen-bond acceptors (Lipinski definition) is 14. The van der Waals surface area contributed by atoms with Crippen LogP contribution in [0.5, 0.6) is 23.5 Å². The predicted molar refractivity (Wildman–Crippen MR) is 237 cm³/mol. The molecule has 4 aromatic rings. The number of ether oxygens (including phenoxy) is 4. The van der Waals surface area contributed by atoms with Crippen molar-refractivity contribution in [2.24, 2.45) is 0 Å². The molecule has 18 nitrogen and oxygen atoms in total. The molecule has 0 saturated heterocycles. The van der Waals surface area contributed by atoms with E-state index in [4.69, 9.17) is 52.4 Å². The van der Waals surface area contributed by atoms with Crippen molar-refractivity contribution >= 4 is 47.0 Å². The van der Waals surface area contributed by atoms with Gasteiger partial charge < -0.3 is 60.6 Å². The van der Waals surface area contributed by atoms with Crippen molar-refractivity contribution in [3.8, 4) is 34.6 Å². The van der Waals surface area contributed by atoms with Crippen LogP contribution in [0.25, 0.3) is 11.1 Å². The number of amides is 2. The zero-order valence-corrected chi connectivity index (χ0v) is 37.5. The Labute approximate surface area is 380 Å². The normalized spacial score (nSPS) is 11.9. The Kier molecular flexibility index (Phi) is 20.3. The lowest BCUT2D eigenvalue weighted by Crippen LogP contribution is -2.28. The van der Waals surface area contributed by atoms with E-state index >= 15 is 0 Å². The summed E-state index contributed by atoms with van der Waals surface area (Å²) in [6, 6.07) is 14.9. The number of halogens is 2. The molecule has 346 valence electrons. The fourth-order valence-electron chi connectivity index (χ4n) is 6.27. The van der Waals surface area contributed by atoms with Crippen molar-refractivity contribution in [1.29, 1.82) is 0 Å². The smallest absolute Gasteiger partial charge is 0.306 e. The summed E-state index contributed by atoms with van der Waals surface area (Å²) < 4.78 is 24.0. The van der Waals surface area contributed by atoms with Gasteiger partial charge in [-0.2, -0.15) is 9.97 Å². The molecule has 64 heavy (non-hydrogen) atoms. The Balaban J connectivity index is 1.51. The number of aliphatic hydroxyl groups excluding tert-OH is 2. The molecular formula is C44H54Cl2N6O12. The van der Waals surface area contributed by atoms with E-state index in [2.05, 4.69) is 31.2 Å². The summed E-state index contributed by atoms with van der Waals surface area (Å²) in [6.07, 6.45) is -2.93. The minimum atomic E-state index is -1.13. The van der Waals surface area contributed by atoms with Gasteiger partial charge >= 0.3 is 11.9 Å². The highest BCUT2D eigenvalue weighted by atomic mass is 35.5. The third-order valence-electron chi connectivity index (χ3n) is 9.78. The van der Waals surface area contributed by atoms with Crippen molar-refractivity contribution in [1.82, 2.24) is 31.2 Å². The third kappa shape index (κ3) is 15.8. The van der Waals surface area contributed by atoms with Gasteiger partial charge in [0.05, 0.1) is 51.1 Å². The highest BCUT2D eigenvalue weighted by Crippen LogP contribution is 2.34. The number of benzene rings is 2. The molecule has 0 radical (unpaired) electrons. The summed E-state index contributed by atoms with van der Waals surface area (Å²) in [5.74, 6) is -2.21. The summed E-state index contributed by atoms with van der Waals surface area (Å²) in [4.78, 5) is 54.6. The van der Waals surface area contributed by atoms with Gasteiger partial charge in [0.25, 0.3) is 0 Å². The molecule has 0 fully saturated rings. The zero-order chi connectivity index (χ0) is 46.8. The number of aromatic nitrogens is 2. The van der Waals surface area contributed by atoms with E-state index in [1.807, 2.05) is 50.2 Å². The zero-order valence-electron chi connectivity index (χ0n) is 36.0. The summed E-state index contributed by atoms with van der Waals surface area (Å²) in [6.45, 7) is 4.44. The van der Waals surface area contributed by atoms with Gasteiger partial charge in [0.2, 0.25) is 35.3 Å². The Bertz CT molecular complexity index is 2090. The summed E-state index contributed by atoms with van der Waals surface area (Å²) in [5.41, 5.74) is 6.48. The highest BCUT2D eigenvalue weighted by Gasteiger charge is 2.19. The van der Waals surface area contributed by atoms with E-state index in [-0.39, 0.29) is 111 Å². The summed E-state index contributed by atoms with van der Waals surface area (Å²) in [7, 11) is 3.04. The minimum absolute atomic E-state index is 0.00443. The molecule has 0 aliphatic rings. The Morgan fingerprint density at radius 1 is 0.609 bits per heavy atom. The molecular weight excluding hydrogens is 875 g/mol. The van der Waals surface area contributed by atoms with Crippen LogP contribution in [-0.4, -0.2) is 107 Å². The molecule has 0 saturated carbocycles. The van der Waals surface area contributed by atoms with Gasteiger partial charge in [-0.15, -0.1) is 0 Å². The fourth-order valence-corrected chi connectivity index (χ4v) is 6.73. The third-order valence-corrected chi connectivity index (χ3v) is 10.3. The molecule has 2 heterocycles. The molecule has 2 atom stereocenters. The van der Waals surface area contributed by atoms with E-state index in [0.29, 0.717) is 11.1 Å². The number of nitrogens with one attached hydrogen (secondary N) is 4. The molecule has 8 N–H and O–H groups in total.